The van der Waals surface area contributed by atoms with Gasteiger partial charge in [-0.15, -0.1) is 45.3 Å². The number of benzene rings is 2. The first-order valence-corrected chi connectivity index (χ1v) is 16.6. The Labute approximate surface area is 258 Å². The molecular weight excluding hydrogens is 597 g/mol. The summed E-state index contributed by atoms with van der Waals surface area (Å²) in [5.74, 6) is -1.21. The fourth-order valence-corrected chi connectivity index (χ4v) is 9.46. The third kappa shape index (κ3) is 4.71. The van der Waals surface area contributed by atoms with Crippen molar-refractivity contribution in [2.24, 2.45) is 0 Å². The van der Waals surface area contributed by atoms with Gasteiger partial charge in [-0.05, 0) is 85.3 Å². The molecule has 1 N–H and O–H groups in total. The highest BCUT2D eigenvalue weighted by molar-refractivity contribution is 7.29. The molecule has 0 aliphatic carbocycles. The van der Waals surface area contributed by atoms with Crippen LogP contribution in [-0.2, 0) is 11.3 Å². The SMILES string of the molecule is CCn1c2ccccc2c2cc(-c3ccc(-c4ccc(-c5ccc(-c6ccc(/C=C(\C#N)C(=O)O)s6)s5)s4)s3)ccc21. The maximum absolute atomic E-state index is 11.2. The van der Waals surface area contributed by atoms with E-state index < -0.39 is 5.97 Å². The van der Waals surface area contributed by atoms with E-state index in [1.54, 1.807) is 28.7 Å². The van der Waals surface area contributed by atoms with Crippen molar-refractivity contribution < 1.29 is 9.90 Å². The minimum absolute atomic E-state index is 0.261. The van der Waals surface area contributed by atoms with E-state index in [1.165, 1.54) is 69.2 Å². The van der Waals surface area contributed by atoms with Gasteiger partial charge in [0.2, 0.25) is 0 Å². The molecule has 0 radical (unpaired) electrons. The van der Waals surface area contributed by atoms with Gasteiger partial charge in [0.15, 0.2) is 0 Å². The number of thiophene rings is 4. The van der Waals surface area contributed by atoms with Crippen LogP contribution in [0.1, 0.15) is 11.8 Å². The predicted octanol–water partition coefficient (Wildman–Crippen LogP) is 10.7. The first-order chi connectivity index (χ1) is 20.5. The van der Waals surface area contributed by atoms with Crippen molar-refractivity contribution in [3.63, 3.8) is 0 Å². The summed E-state index contributed by atoms with van der Waals surface area (Å²) < 4.78 is 2.38. The normalized spacial score (nSPS) is 11.9. The molecule has 4 nitrogen and oxygen atoms in total. The van der Waals surface area contributed by atoms with Crippen LogP contribution in [0.2, 0.25) is 0 Å². The molecule has 5 heterocycles. The molecule has 5 aromatic heterocycles. The zero-order valence-electron chi connectivity index (χ0n) is 22.3. The van der Waals surface area contributed by atoms with Gasteiger partial charge in [-0.1, -0.05) is 24.3 Å². The fourth-order valence-electron chi connectivity index (χ4n) is 5.23. The lowest BCUT2D eigenvalue weighted by Gasteiger charge is -2.03. The fraction of sp³-hybridized carbons (Fsp3) is 0.0588. The van der Waals surface area contributed by atoms with E-state index in [-0.39, 0.29) is 5.57 Å². The lowest BCUT2D eigenvalue weighted by atomic mass is 10.1. The molecule has 0 bridgehead atoms. The molecule has 8 heteroatoms. The monoisotopic (exact) mass is 618 g/mol. The van der Waals surface area contributed by atoms with E-state index in [4.69, 9.17) is 10.4 Å². The Morgan fingerprint density at radius 2 is 1.29 bits per heavy atom. The van der Waals surface area contributed by atoms with E-state index >= 15 is 0 Å². The Balaban J connectivity index is 1.14. The number of fused-ring (bicyclic) bond motifs is 3. The number of aromatic nitrogens is 1. The minimum Gasteiger partial charge on any atom is -0.477 e. The highest BCUT2D eigenvalue weighted by atomic mass is 32.1. The standard InChI is InChI=1S/C34H22N2O2S4/c1-2-36-25-6-4-3-5-23(25)24-18-20(7-9-26(24)36)27-11-12-30(40-27)31-15-16-33(42-31)32-14-13-29(41-32)28-10-8-22(39-28)17-21(19-35)34(37)38/h3-18H,2H2,1H3,(H,37,38)/b21-17+. The molecule has 0 atom stereocenters. The molecule has 2 aromatic carbocycles. The average Bonchev–Trinajstić information content (AvgIpc) is 3.83. The zero-order chi connectivity index (χ0) is 28.8. The average molecular weight is 619 g/mol. The highest BCUT2D eigenvalue weighted by Crippen LogP contribution is 2.44. The molecule has 42 heavy (non-hydrogen) atoms. The smallest absolute Gasteiger partial charge is 0.346 e. The van der Waals surface area contributed by atoms with E-state index in [9.17, 15) is 4.79 Å². The van der Waals surface area contributed by atoms with E-state index in [2.05, 4.69) is 90.4 Å². The van der Waals surface area contributed by atoms with Crippen LogP contribution in [0.3, 0.4) is 0 Å². The van der Waals surface area contributed by atoms with Crippen LogP contribution < -0.4 is 0 Å². The molecule has 0 spiro atoms. The van der Waals surface area contributed by atoms with Crippen LogP contribution in [0.25, 0.3) is 67.6 Å². The van der Waals surface area contributed by atoms with Crippen molar-refractivity contribution in [3.05, 3.63) is 101 Å². The van der Waals surface area contributed by atoms with Crippen LogP contribution in [0.4, 0.5) is 0 Å². The summed E-state index contributed by atoms with van der Waals surface area (Å²) >= 11 is 6.83. The van der Waals surface area contributed by atoms with Crippen molar-refractivity contribution in [1.29, 1.82) is 5.26 Å². The van der Waals surface area contributed by atoms with E-state index in [0.717, 1.165) is 21.2 Å². The van der Waals surface area contributed by atoms with Crippen LogP contribution in [0, 0.1) is 11.3 Å². The van der Waals surface area contributed by atoms with E-state index in [0.29, 0.717) is 0 Å². The van der Waals surface area contributed by atoms with Gasteiger partial charge in [-0.25, -0.2) is 4.79 Å². The Morgan fingerprint density at radius 1 is 0.738 bits per heavy atom. The third-order valence-corrected chi connectivity index (χ3v) is 12.1. The van der Waals surface area contributed by atoms with Crippen molar-refractivity contribution >= 4 is 79.2 Å². The lowest BCUT2D eigenvalue weighted by molar-refractivity contribution is -0.132. The van der Waals surface area contributed by atoms with Gasteiger partial charge < -0.3 is 9.67 Å². The third-order valence-electron chi connectivity index (χ3n) is 7.18. The number of carbonyl (C=O) groups is 1. The second-order valence-electron chi connectivity index (χ2n) is 9.66. The summed E-state index contributed by atoms with van der Waals surface area (Å²) in [5, 5.41) is 20.8. The first kappa shape index (κ1) is 26.6. The van der Waals surface area contributed by atoms with Crippen LogP contribution >= 0.6 is 45.3 Å². The van der Waals surface area contributed by atoms with Gasteiger partial charge in [-0.3, -0.25) is 0 Å². The van der Waals surface area contributed by atoms with Crippen LogP contribution in [0.5, 0.6) is 0 Å². The van der Waals surface area contributed by atoms with Crippen molar-refractivity contribution in [1.82, 2.24) is 4.57 Å². The number of hydrogen-bond donors (Lipinski definition) is 1. The largest absolute Gasteiger partial charge is 0.477 e. The molecule has 0 amide bonds. The summed E-state index contributed by atoms with van der Waals surface area (Å²) in [4.78, 5) is 20.3. The number of carboxylic acid groups (broad SMARTS) is 1. The Hall–Kier alpha value is -4.26. The Kier molecular flexibility index (Phi) is 6.88. The number of para-hydroxylation sites is 1. The Bertz CT molecular complexity index is 2190. The van der Waals surface area contributed by atoms with E-state index in [1.807, 2.05) is 23.5 Å². The molecule has 0 unspecified atom stereocenters. The number of nitriles is 1. The topological polar surface area (TPSA) is 66.0 Å². The number of aryl methyl sites for hydroxylation is 1. The maximum Gasteiger partial charge on any atom is 0.346 e. The molecule has 0 saturated heterocycles. The number of rotatable bonds is 7. The Morgan fingerprint density at radius 3 is 1.90 bits per heavy atom. The second kappa shape index (κ2) is 10.9. The maximum atomic E-state index is 11.2. The van der Waals surface area contributed by atoms with Gasteiger partial charge in [0.25, 0.3) is 0 Å². The number of carboxylic acids is 1. The predicted molar refractivity (Wildman–Crippen MR) is 180 cm³/mol. The first-order valence-electron chi connectivity index (χ1n) is 13.3. The van der Waals surface area contributed by atoms with Crippen molar-refractivity contribution in [2.45, 2.75) is 13.5 Å². The number of nitrogens with zero attached hydrogens (tertiary/aromatic N) is 2. The van der Waals surface area contributed by atoms with Crippen LogP contribution in [0.15, 0.2) is 96.6 Å². The minimum atomic E-state index is -1.21. The summed E-state index contributed by atoms with van der Waals surface area (Å²) in [6.07, 6.45) is 1.42. The van der Waals surface area contributed by atoms with Gasteiger partial charge in [-0.2, -0.15) is 5.26 Å². The molecule has 7 aromatic rings. The molecule has 0 aliphatic heterocycles. The molecule has 0 saturated carbocycles. The number of aliphatic carboxylic acids is 1. The molecular formula is C34H22N2O2S4. The highest BCUT2D eigenvalue weighted by Gasteiger charge is 2.15. The summed E-state index contributed by atoms with van der Waals surface area (Å²) in [6, 6.07) is 34.2. The second-order valence-corrected chi connectivity index (χ2v) is 14.0. The summed E-state index contributed by atoms with van der Waals surface area (Å²) in [5.41, 5.74) is 3.54. The van der Waals surface area contributed by atoms with Gasteiger partial charge in [0.05, 0.1) is 0 Å². The van der Waals surface area contributed by atoms with Gasteiger partial charge >= 0.3 is 5.97 Å². The van der Waals surface area contributed by atoms with Crippen molar-refractivity contribution in [3.8, 4) is 45.8 Å². The number of hydrogen-bond acceptors (Lipinski definition) is 6. The van der Waals surface area contributed by atoms with Crippen molar-refractivity contribution in [2.75, 3.05) is 0 Å². The quantitative estimate of drug-likeness (QED) is 0.143. The van der Waals surface area contributed by atoms with Gasteiger partial charge in [0.1, 0.15) is 11.6 Å². The zero-order valence-corrected chi connectivity index (χ0v) is 25.6. The van der Waals surface area contributed by atoms with Gasteiger partial charge in [0, 0.05) is 67.4 Å². The molecule has 7 rings (SSSR count). The molecule has 204 valence electrons. The molecule has 0 fully saturated rings. The summed E-state index contributed by atoms with van der Waals surface area (Å²) in [6.45, 7) is 3.14. The molecule has 0 aliphatic rings. The van der Waals surface area contributed by atoms with Crippen LogP contribution in [-0.4, -0.2) is 15.6 Å². The summed E-state index contributed by atoms with van der Waals surface area (Å²) in [7, 11) is 0. The lowest BCUT2D eigenvalue weighted by Crippen LogP contribution is -1.96.